The number of carbonyl (C=O) groups is 1. The number of carbonyl (C=O) groups excluding carboxylic acids is 1. The van der Waals surface area contributed by atoms with Gasteiger partial charge in [0.15, 0.2) is 5.71 Å². The normalized spacial score (nSPS) is 16.6. The van der Waals surface area contributed by atoms with Crippen molar-refractivity contribution in [3.8, 4) is 5.75 Å². The van der Waals surface area contributed by atoms with E-state index < -0.39 is 0 Å². The summed E-state index contributed by atoms with van der Waals surface area (Å²) in [5, 5.41) is 6.08. The van der Waals surface area contributed by atoms with Crippen molar-refractivity contribution in [2.75, 3.05) is 12.4 Å². The third kappa shape index (κ3) is 1.02. The van der Waals surface area contributed by atoms with Crippen LogP contribution in [0.4, 0.5) is 5.69 Å². The van der Waals surface area contributed by atoms with Gasteiger partial charge in [0.05, 0.1) is 12.8 Å². The first kappa shape index (κ1) is 8.55. The molecule has 0 unspecified atom stereocenters. The van der Waals surface area contributed by atoms with Crippen molar-refractivity contribution < 1.29 is 9.53 Å². The number of rotatable bonds is 1. The fourth-order valence-corrected chi connectivity index (χ4v) is 1.45. The maximum Gasteiger partial charge on any atom is 0.276 e. The zero-order chi connectivity index (χ0) is 10.1. The molecule has 1 aromatic carbocycles. The second kappa shape index (κ2) is 3.02. The molecular formula is C9H9N3O2. The van der Waals surface area contributed by atoms with Crippen LogP contribution in [0, 0.1) is 0 Å². The van der Waals surface area contributed by atoms with Crippen LogP contribution >= 0.6 is 0 Å². The van der Waals surface area contributed by atoms with Crippen molar-refractivity contribution in [2.24, 2.45) is 10.9 Å². The van der Waals surface area contributed by atoms with Gasteiger partial charge >= 0.3 is 0 Å². The number of ether oxygens (including phenoxy) is 1. The molecule has 1 aliphatic rings. The van der Waals surface area contributed by atoms with Gasteiger partial charge in [-0.25, -0.2) is 0 Å². The minimum absolute atomic E-state index is 0.235. The zero-order valence-corrected chi connectivity index (χ0v) is 7.57. The van der Waals surface area contributed by atoms with E-state index in [1.54, 1.807) is 25.3 Å². The minimum atomic E-state index is -0.299. The van der Waals surface area contributed by atoms with E-state index in [4.69, 9.17) is 10.6 Å². The maximum atomic E-state index is 11.4. The Hall–Kier alpha value is -2.04. The van der Waals surface area contributed by atoms with Gasteiger partial charge in [-0.3, -0.25) is 4.79 Å². The SMILES string of the molecule is COc1cccc2c1NC(=O)/C2=N\N. The highest BCUT2D eigenvalue weighted by atomic mass is 16.5. The number of nitrogens with one attached hydrogen (secondary N) is 1. The number of methoxy groups -OCH3 is 1. The van der Waals surface area contributed by atoms with Crippen LogP contribution in [0.2, 0.25) is 0 Å². The molecule has 0 radical (unpaired) electrons. The first-order chi connectivity index (χ1) is 6.77. The van der Waals surface area contributed by atoms with E-state index in [2.05, 4.69) is 10.4 Å². The molecule has 5 heteroatoms. The summed E-state index contributed by atoms with van der Waals surface area (Å²) in [7, 11) is 1.54. The third-order valence-corrected chi connectivity index (χ3v) is 2.08. The Kier molecular flexibility index (Phi) is 1.85. The number of anilines is 1. The van der Waals surface area contributed by atoms with Crippen LogP contribution in [0.1, 0.15) is 5.56 Å². The average molecular weight is 191 g/mol. The standard InChI is InChI=1S/C9H9N3O2/c1-14-6-4-2-3-5-7(6)11-9(13)8(5)12-10/h2-4H,10H2,1H3,(H,11,12,13). The smallest absolute Gasteiger partial charge is 0.276 e. The monoisotopic (exact) mass is 191 g/mol. The Morgan fingerprint density at radius 2 is 2.29 bits per heavy atom. The largest absolute Gasteiger partial charge is 0.495 e. The summed E-state index contributed by atoms with van der Waals surface area (Å²) in [6.45, 7) is 0. The van der Waals surface area contributed by atoms with E-state index in [0.29, 0.717) is 17.0 Å². The summed E-state index contributed by atoms with van der Waals surface area (Å²) in [4.78, 5) is 11.4. The predicted octanol–water partition coefficient (Wildman–Crippen LogP) is 0.310. The number of fused-ring (bicyclic) bond motifs is 1. The van der Waals surface area contributed by atoms with Crippen LogP contribution in [0.5, 0.6) is 5.75 Å². The molecule has 1 heterocycles. The molecule has 0 fully saturated rings. The van der Waals surface area contributed by atoms with Crippen LogP contribution in [-0.2, 0) is 4.79 Å². The number of nitrogens with two attached hydrogens (primary N) is 1. The number of hydrogen-bond acceptors (Lipinski definition) is 4. The van der Waals surface area contributed by atoms with E-state index in [-0.39, 0.29) is 11.6 Å². The Morgan fingerprint density at radius 1 is 1.50 bits per heavy atom. The lowest BCUT2D eigenvalue weighted by molar-refractivity contribution is -0.110. The highest BCUT2D eigenvalue weighted by molar-refractivity contribution is 6.54. The molecule has 0 saturated carbocycles. The van der Waals surface area contributed by atoms with E-state index in [0.717, 1.165) is 0 Å². The Morgan fingerprint density at radius 3 is 2.93 bits per heavy atom. The summed E-state index contributed by atoms with van der Waals surface area (Å²) >= 11 is 0. The molecule has 1 aliphatic heterocycles. The quantitative estimate of drug-likeness (QED) is 0.495. The van der Waals surface area contributed by atoms with Crippen LogP contribution < -0.4 is 15.9 Å². The van der Waals surface area contributed by atoms with Crippen molar-refractivity contribution in [2.45, 2.75) is 0 Å². The molecule has 0 atom stereocenters. The van der Waals surface area contributed by atoms with Gasteiger partial charge in [-0.2, -0.15) is 5.10 Å². The van der Waals surface area contributed by atoms with Gasteiger partial charge in [-0.1, -0.05) is 12.1 Å². The molecule has 0 bridgehead atoms. The third-order valence-electron chi connectivity index (χ3n) is 2.08. The summed E-state index contributed by atoms with van der Waals surface area (Å²) in [6.07, 6.45) is 0. The predicted molar refractivity (Wildman–Crippen MR) is 52.3 cm³/mol. The summed E-state index contributed by atoms with van der Waals surface area (Å²) in [5.41, 5.74) is 1.54. The first-order valence-corrected chi connectivity index (χ1v) is 4.04. The van der Waals surface area contributed by atoms with Crippen molar-refractivity contribution in [1.82, 2.24) is 0 Å². The molecule has 14 heavy (non-hydrogen) atoms. The van der Waals surface area contributed by atoms with Gasteiger partial charge < -0.3 is 15.9 Å². The van der Waals surface area contributed by atoms with E-state index >= 15 is 0 Å². The van der Waals surface area contributed by atoms with Crippen molar-refractivity contribution in [3.63, 3.8) is 0 Å². The Labute approximate surface area is 80.6 Å². The highest BCUT2D eigenvalue weighted by Gasteiger charge is 2.28. The van der Waals surface area contributed by atoms with Gasteiger partial charge in [-0.15, -0.1) is 0 Å². The van der Waals surface area contributed by atoms with E-state index in [1.807, 2.05) is 0 Å². The molecular weight excluding hydrogens is 182 g/mol. The number of hydrazone groups is 1. The molecule has 0 aliphatic carbocycles. The summed E-state index contributed by atoms with van der Waals surface area (Å²) in [5.74, 6) is 5.42. The van der Waals surface area contributed by atoms with Gasteiger partial charge in [0.1, 0.15) is 5.75 Å². The van der Waals surface area contributed by atoms with Crippen LogP contribution in [0.25, 0.3) is 0 Å². The molecule has 3 N–H and O–H groups in total. The summed E-state index contributed by atoms with van der Waals surface area (Å²) in [6, 6.07) is 5.31. The molecule has 0 spiro atoms. The number of amides is 1. The van der Waals surface area contributed by atoms with Crippen LogP contribution in [0.3, 0.4) is 0 Å². The molecule has 5 nitrogen and oxygen atoms in total. The Balaban J connectivity index is 2.62. The van der Waals surface area contributed by atoms with Crippen LogP contribution in [-0.4, -0.2) is 18.7 Å². The van der Waals surface area contributed by atoms with Gasteiger partial charge in [0, 0.05) is 5.56 Å². The molecule has 0 saturated heterocycles. The lowest BCUT2D eigenvalue weighted by Crippen LogP contribution is -2.15. The van der Waals surface area contributed by atoms with Crippen molar-refractivity contribution in [3.05, 3.63) is 23.8 Å². The molecule has 2 rings (SSSR count). The van der Waals surface area contributed by atoms with Crippen molar-refractivity contribution in [1.29, 1.82) is 0 Å². The van der Waals surface area contributed by atoms with Crippen molar-refractivity contribution >= 4 is 17.3 Å². The fourth-order valence-electron chi connectivity index (χ4n) is 1.45. The van der Waals surface area contributed by atoms with E-state index in [1.165, 1.54) is 0 Å². The highest BCUT2D eigenvalue weighted by Crippen LogP contribution is 2.32. The van der Waals surface area contributed by atoms with E-state index in [9.17, 15) is 4.79 Å². The minimum Gasteiger partial charge on any atom is -0.495 e. The lowest BCUT2D eigenvalue weighted by Gasteiger charge is -2.04. The topological polar surface area (TPSA) is 76.7 Å². The number of hydrogen-bond donors (Lipinski definition) is 2. The zero-order valence-electron chi connectivity index (χ0n) is 7.57. The molecule has 72 valence electrons. The summed E-state index contributed by atoms with van der Waals surface area (Å²) < 4.78 is 5.09. The number of para-hydroxylation sites is 1. The van der Waals surface area contributed by atoms with Gasteiger partial charge in [0.2, 0.25) is 0 Å². The number of nitrogens with zero attached hydrogens (tertiary/aromatic N) is 1. The second-order valence-corrected chi connectivity index (χ2v) is 2.81. The average Bonchev–Trinajstić information content (AvgIpc) is 2.52. The van der Waals surface area contributed by atoms with Gasteiger partial charge in [0.25, 0.3) is 5.91 Å². The fraction of sp³-hybridized carbons (Fsp3) is 0.111. The second-order valence-electron chi connectivity index (χ2n) is 2.81. The Bertz CT molecular complexity index is 426. The first-order valence-electron chi connectivity index (χ1n) is 4.04. The molecule has 1 aromatic rings. The molecule has 0 aromatic heterocycles. The van der Waals surface area contributed by atoms with Gasteiger partial charge in [-0.05, 0) is 6.07 Å². The maximum absolute atomic E-state index is 11.4. The van der Waals surface area contributed by atoms with Crippen LogP contribution in [0.15, 0.2) is 23.3 Å². The lowest BCUT2D eigenvalue weighted by atomic mass is 10.1. The number of benzene rings is 1. The molecule has 1 amide bonds.